The maximum Gasteiger partial charge on any atom is 0.261 e. The molecule has 2 N–H and O–H groups in total. The zero-order valence-electron chi connectivity index (χ0n) is 7.34. The Bertz CT molecular complexity index is 304. The fourth-order valence-electron chi connectivity index (χ4n) is 0.939. The second-order valence-electron chi connectivity index (χ2n) is 2.76. The third-order valence-corrected chi connectivity index (χ3v) is 1.58. The molecule has 5 heteroatoms. The lowest BCUT2D eigenvalue weighted by molar-refractivity contribution is 0.00902. The highest BCUT2D eigenvalue weighted by Crippen LogP contribution is 2.12. The van der Waals surface area contributed by atoms with Crippen LogP contribution in [0.3, 0.4) is 0 Å². The van der Waals surface area contributed by atoms with Gasteiger partial charge < -0.3 is 10.5 Å². The van der Waals surface area contributed by atoms with Gasteiger partial charge in [-0.15, -0.1) is 0 Å². The molecule has 0 radical (unpaired) electrons. The molecule has 0 aliphatic carbocycles. The van der Waals surface area contributed by atoms with Gasteiger partial charge in [0.05, 0.1) is 6.61 Å². The highest BCUT2D eigenvalue weighted by molar-refractivity contribution is 5.40. The number of benzene rings is 1. The van der Waals surface area contributed by atoms with E-state index < -0.39 is 18.8 Å². The van der Waals surface area contributed by atoms with E-state index in [0.29, 0.717) is 5.69 Å². The first kappa shape index (κ1) is 10.8. The molecule has 0 saturated heterocycles. The van der Waals surface area contributed by atoms with E-state index >= 15 is 0 Å². The van der Waals surface area contributed by atoms with Gasteiger partial charge in [0, 0.05) is 11.3 Å². The first-order chi connectivity index (χ1) is 6.59. The van der Waals surface area contributed by atoms with Gasteiger partial charge >= 0.3 is 0 Å². The smallest absolute Gasteiger partial charge is 0.261 e. The first-order valence-electron chi connectivity index (χ1n) is 3.99. The molecule has 0 fully saturated rings. The molecular weight excluding hydrogens is 195 g/mol. The summed E-state index contributed by atoms with van der Waals surface area (Å²) in [7, 11) is 0. The van der Waals surface area contributed by atoms with E-state index in [1.807, 2.05) is 0 Å². The second kappa shape index (κ2) is 4.85. The third-order valence-electron chi connectivity index (χ3n) is 1.58. The summed E-state index contributed by atoms with van der Waals surface area (Å²) in [6, 6.07) is 4.03. The molecule has 0 aliphatic heterocycles. The minimum absolute atomic E-state index is 0.170. The average molecular weight is 205 g/mol. The molecule has 0 aliphatic rings. The largest absolute Gasteiger partial charge is 0.399 e. The van der Waals surface area contributed by atoms with Crippen molar-refractivity contribution >= 4 is 5.69 Å². The van der Waals surface area contributed by atoms with E-state index in [0.717, 1.165) is 6.07 Å². The number of hydrogen-bond donors (Lipinski definition) is 1. The Labute approximate surface area is 79.5 Å². The summed E-state index contributed by atoms with van der Waals surface area (Å²) in [4.78, 5) is 0. The summed E-state index contributed by atoms with van der Waals surface area (Å²) in [5.41, 5.74) is 5.82. The first-order valence-corrected chi connectivity index (χ1v) is 3.99. The number of nitrogen functional groups attached to an aromatic ring is 1. The van der Waals surface area contributed by atoms with E-state index in [4.69, 9.17) is 5.73 Å². The Morgan fingerprint density at radius 2 is 2.07 bits per heavy atom. The summed E-state index contributed by atoms with van der Waals surface area (Å²) in [5, 5.41) is 0. The zero-order chi connectivity index (χ0) is 10.6. The topological polar surface area (TPSA) is 35.2 Å². The van der Waals surface area contributed by atoms with Crippen LogP contribution in [0, 0.1) is 5.82 Å². The standard InChI is InChI=1S/C9H10F3NO/c10-8-3-7(13)2-1-6(8)4-14-5-9(11)12/h1-3,9H,4-5,13H2. The van der Waals surface area contributed by atoms with Gasteiger partial charge in [-0.3, -0.25) is 0 Å². The van der Waals surface area contributed by atoms with Crippen molar-refractivity contribution in [3.05, 3.63) is 29.6 Å². The van der Waals surface area contributed by atoms with Crippen LogP contribution in [0.25, 0.3) is 0 Å². The van der Waals surface area contributed by atoms with E-state index in [-0.39, 0.29) is 12.2 Å². The highest BCUT2D eigenvalue weighted by atomic mass is 19.3. The molecule has 1 rings (SSSR count). The van der Waals surface area contributed by atoms with Crippen molar-refractivity contribution in [1.82, 2.24) is 0 Å². The molecule has 0 bridgehead atoms. The minimum atomic E-state index is -2.54. The summed E-state index contributed by atoms with van der Waals surface area (Å²) in [5.74, 6) is -0.542. The highest BCUT2D eigenvalue weighted by Gasteiger charge is 2.05. The Kier molecular flexibility index (Phi) is 3.76. The number of anilines is 1. The van der Waals surface area contributed by atoms with Gasteiger partial charge in [-0.25, -0.2) is 13.2 Å². The summed E-state index contributed by atoms with van der Waals surface area (Å²) in [6.07, 6.45) is -2.54. The molecule has 0 aromatic heterocycles. The number of halogens is 3. The second-order valence-corrected chi connectivity index (χ2v) is 2.76. The van der Waals surface area contributed by atoms with Gasteiger partial charge in [0.1, 0.15) is 12.4 Å². The van der Waals surface area contributed by atoms with Crippen molar-refractivity contribution in [2.75, 3.05) is 12.3 Å². The number of alkyl halides is 2. The van der Waals surface area contributed by atoms with Crippen LogP contribution >= 0.6 is 0 Å². The molecule has 0 amide bonds. The van der Waals surface area contributed by atoms with E-state index in [2.05, 4.69) is 4.74 Å². The third kappa shape index (κ3) is 3.26. The number of rotatable bonds is 4. The number of nitrogens with two attached hydrogens (primary N) is 1. The predicted octanol–water partition coefficient (Wildman–Crippen LogP) is 2.19. The summed E-state index contributed by atoms with van der Waals surface area (Å²) >= 11 is 0. The van der Waals surface area contributed by atoms with Crippen molar-refractivity contribution in [1.29, 1.82) is 0 Å². The Morgan fingerprint density at radius 1 is 1.36 bits per heavy atom. The molecular formula is C9H10F3NO. The predicted molar refractivity (Wildman–Crippen MR) is 46.5 cm³/mol. The van der Waals surface area contributed by atoms with Crippen molar-refractivity contribution in [2.45, 2.75) is 13.0 Å². The van der Waals surface area contributed by atoms with Gasteiger partial charge in [-0.05, 0) is 12.1 Å². The molecule has 0 unspecified atom stereocenters. The van der Waals surface area contributed by atoms with Gasteiger partial charge in [0.15, 0.2) is 0 Å². The van der Waals surface area contributed by atoms with Crippen LogP contribution in [-0.2, 0) is 11.3 Å². The van der Waals surface area contributed by atoms with Gasteiger partial charge in [-0.1, -0.05) is 6.07 Å². The van der Waals surface area contributed by atoms with Gasteiger partial charge in [-0.2, -0.15) is 0 Å². The minimum Gasteiger partial charge on any atom is -0.399 e. The SMILES string of the molecule is Nc1ccc(COCC(F)F)c(F)c1. The van der Waals surface area contributed by atoms with Crippen LogP contribution in [0.4, 0.5) is 18.9 Å². The molecule has 0 atom stereocenters. The van der Waals surface area contributed by atoms with E-state index in [9.17, 15) is 13.2 Å². The number of hydrogen-bond acceptors (Lipinski definition) is 2. The van der Waals surface area contributed by atoms with Crippen molar-refractivity contribution in [3.63, 3.8) is 0 Å². The Hall–Kier alpha value is -1.23. The lowest BCUT2D eigenvalue weighted by Crippen LogP contribution is -2.05. The lowest BCUT2D eigenvalue weighted by Gasteiger charge is -2.05. The van der Waals surface area contributed by atoms with E-state index in [1.54, 1.807) is 0 Å². The molecule has 0 saturated carbocycles. The normalized spacial score (nSPS) is 10.9. The monoisotopic (exact) mass is 205 g/mol. The average Bonchev–Trinajstić information content (AvgIpc) is 2.08. The fourth-order valence-corrected chi connectivity index (χ4v) is 0.939. The molecule has 2 nitrogen and oxygen atoms in total. The van der Waals surface area contributed by atoms with Crippen molar-refractivity contribution < 1.29 is 17.9 Å². The summed E-state index contributed by atoms with van der Waals surface area (Å²) < 4.78 is 40.9. The lowest BCUT2D eigenvalue weighted by atomic mass is 10.2. The molecule has 14 heavy (non-hydrogen) atoms. The van der Waals surface area contributed by atoms with Crippen molar-refractivity contribution in [2.24, 2.45) is 0 Å². The van der Waals surface area contributed by atoms with Gasteiger partial charge in [0.2, 0.25) is 0 Å². The maximum absolute atomic E-state index is 13.0. The Morgan fingerprint density at radius 3 is 2.64 bits per heavy atom. The van der Waals surface area contributed by atoms with Crippen LogP contribution in [0.2, 0.25) is 0 Å². The quantitative estimate of drug-likeness (QED) is 0.764. The summed E-state index contributed by atoms with van der Waals surface area (Å²) in [6.45, 7) is -0.861. The molecule has 1 aromatic carbocycles. The maximum atomic E-state index is 13.0. The molecule has 78 valence electrons. The molecule has 1 aromatic rings. The van der Waals surface area contributed by atoms with Crippen LogP contribution in [0.5, 0.6) is 0 Å². The zero-order valence-corrected chi connectivity index (χ0v) is 7.34. The van der Waals surface area contributed by atoms with Gasteiger partial charge in [0.25, 0.3) is 6.43 Å². The Balaban J connectivity index is 2.51. The van der Waals surface area contributed by atoms with Crippen LogP contribution < -0.4 is 5.73 Å². The molecule has 0 spiro atoms. The van der Waals surface area contributed by atoms with E-state index in [1.165, 1.54) is 12.1 Å². The fraction of sp³-hybridized carbons (Fsp3) is 0.333. The number of ether oxygens (including phenoxy) is 1. The van der Waals surface area contributed by atoms with Crippen LogP contribution in [-0.4, -0.2) is 13.0 Å². The van der Waals surface area contributed by atoms with Crippen molar-refractivity contribution in [3.8, 4) is 0 Å². The van der Waals surface area contributed by atoms with Crippen LogP contribution in [0.1, 0.15) is 5.56 Å². The van der Waals surface area contributed by atoms with Crippen LogP contribution in [0.15, 0.2) is 18.2 Å². The molecule has 0 heterocycles.